The lowest BCUT2D eigenvalue weighted by Gasteiger charge is -2.29. The third kappa shape index (κ3) is 4.75. The summed E-state index contributed by atoms with van der Waals surface area (Å²) in [6.45, 7) is 11.1. The Morgan fingerprint density at radius 1 is 0.824 bits per heavy atom. The topological polar surface area (TPSA) is 3.24 Å². The van der Waals surface area contributed by atoms with Gasteiger partial charge in [-0.05, 0) is 58.2 Å². The standard InChI is InChI=1S/C33H33N/c1-25-21-22-27-16-11-13-19-30(27)32(25)33(3,4)26(2)15-9-7-6-8-10-18-29-24-23-28-17-12-14-20-31(28)34(29)5/h6-24H,2H2,1,3-5H3/b7-6+,10-8+,15-9+,29-18+. The van der Waals surface area contributed by atoms with Crippen LogP contribution in [0.2, 0.25) is 0 Å². The van der Waals surface area contributed by atoms with Gasteiger partial charge in [-0.15, -0.1) is 0 Å². The summed E-state index contributed by atoms with van der Waals surface area (Å²) in [5, 5.41) is 2.58. The number of likely N-dealkylation sites (N-methyl/N-ethyl adjacent to an activating group) is 1. The van der Waals surface area contributed by atoms with E-state index in [0.29, 0.717) is 0 Å². The van der Waals surface area contributed by atoms with Gasteiger partial charge in [-0.25, -0.2) is 0 Å². The van der Waals surface area contributed by atoms with E-state index in [4.69, 9.17) is 0 Å². The lowest BCUT2D eigenvalue weighted by molar-refractivity contribution is 0.643. The third-order valence-corrected chi connectivity index (χ3v) is 6.69. The summed E-state index contributed by atoms with van der Waals surface area (Å²) in [5.74, 6) is 0. The van der Waals surface area contributed by atoms with E-state index in [1.165, 1.54) is 38.8 Å². The van der Waals surface area contributed by atoms with E-state index in [2.05, 4.69) is 155 Å². The van der Waals surface area contributed by atoms with Crippen LogP contribution in [0.3, 0.4) is 0 Å². The predicted octanol–water partition coefficient (Wildman–Crippen LogP) is 8.70. The number of nitrogens with zero attached hydrogens (tertiary/aromatic N) is 1. The highest BCUT2D eigenvalue weighted by Crippen LogP contribution is 2.38. The summed E-state index contributed by atoms with van der Waals surface area (Å²) in [7, 11) is 2.10. The monoisotopic (exact) mass is 443 g/mol. The first-order chi connectivity index (χ1) is 16.4. The Balaban J connectivity index is 1.42. The molecule has 1 aliphatic heterocycles. The molecule has 1 heteroatoms. The van der Waals surface area contributed by atoms with E-state index < -0.39 is 0 Å². The summed E-state index contributed by atoms with van der Waals surface area (Å²) in [6, 6.07) is 21.5. The number of para-hydroxylation sites is 1. The Bertz CT molecular complexity index is 1360. The van der Waals surface area contributed by atoms with Crippen molar-refractivity contribution in [2.75, 3.05) is 11.9 Å². The van der Waals surface area contributed by atoms with Gasteiger partial charge in [0.05, 0.1) is 0 Å². The van der Waals surface area contributed by atoms with Crippen LogP contribution in [-0.2, 0) is 5.41 Å². The molecule has 0 amide bonds. The minimum absolute atomic E-state index is 0.163. The first kappa shape index (κ1) is 23.3. The molecule has 0 aromatic heterocycles. The maximum Gasteiger partial charge on any atom is 0.0481 e. The van der Waals surface area contributed by atoms with Crippen molar-refractivity contribution in [2.45, 2.75) is 26.2 Å². The molecular weight excluding hydrogens is 410 g/mol. The van der Waals surface area contributed by atoms with Gasteiger partial charge in [0, 0.05) is 23.8 Å². The number of anilines is 1. The molecule has 1 nitrogen and oxygen atoms in total. The van der Waals surface area contributed by atoms with Gasteiger partial charge in [-0.1, -0.05) is 118 Å². The fourth-order valence-corrected chi connectivity index (χ4v) is 4.62. The number of aryl methyl sites for hydroxylation is 1. The maximum absolute atomic E-state index is 4.41. The average Bonchev–Trinajstić information content (AvgIpc) is 2.84. The maximum atomic E-state index is 4.41. The minimum atomic E-state index is -0.163. The normalized spacial score (nSPS) is 15.3. The molecule has 0 spiro atoms. The summed E-state index contributed by atoms with van der Waals surface area (Å²) in [5.41, 5.74) is 7.22. The molecule has 0 atom stereocenters. The Hall–Kier alpha value is -3.84. The van der Waals surface area contributed by atoms with Crippen molar-refractivity contribution in [3.05, 3.63) is 144 Å². The Morgan fingerprint density at radius 3 is 2.38 bits per heavy atom. The van der Waals surface area contributed by atoms with E-state index in [9.17, 15) is 0 Å². The molecule has 34 heavy (non-hydrogen) atoms. The Kier molecular flexibility index (Phi) is 6.84. The van der Waals surface area contributed by atoms with Crippen LogP contribution in [0.25, 0.3) is 16.8 Å². The van der Waals surface area contributed by atoms with E-state index in [1.807, 2.05) is 0 Å². The molecule has 4 rings (SSSR count). The number of rotatable bonds is 6. The highest BCUT2D eigenvalue weighted by molar-refractivity contribution is 5.88. The summed E-state index contributed by atoms with van der Waals surface area (Å²) in [6.07, 6.45) is 18.9. The number of hydrogen-bond acceptors (Lipinski definition) is 1. The second-order valence-electron chi connectivity index (χ2n) is 9.30. The molecule has 0 fully saturated rings. The van der Waals surface area contributed by atoms with E-state index in [0.717, 1.165) is 5.57 Å². The van der Waals surface area contributed by atoms with Gasteiger partial charge in [0.2, 0.25) is 0 Å². The molecule has 0 saturated heterocycles. The van der Waals surface area contributed by atoms with Gasteiger partial charge in [0.15, 0.2) is 0 Å². The van der Waals surface area contributed by atoms with Crippen molar-refractivity contribution >= 4 is 22.5 Å². The molecule has 170 valence electrons. The van der Waals surface area contributed by atoms with Crippen LogP contribution in [0.15, 0.2) is 127 Å². The molecule has 0 saturated carbocycles. The second kappa shape index (κ2) is 9.97. The smallest absolute Gasteiger partial charge is 0.0481 e. The number of hydrogen-bond donors (Lipinski definition) is 0. The highest BCUT2D eigenvalue weighted by Gasteiger charge is 2.26. The van der Waals surface area contributed by atoms with Gasteiger partial charge >= 0.3 is 0 Å². The van der Waals surface area contributed by atoms with Crippen LogP contribution < -0.4 is 4.90 Å². The van der Waals surface area contributed by atoms with Crippen molar-refractivity contribution in [3.63, 3.8) is 0 Å². The van der Waals surface area contributed by atoms with Gasteiger partial charge in [0.1, 0.15) is 0 Å². The van der Waals surface area contributed by atoms with Gasteiger partial charge in [-0.2, -0.15) is 0 Å². The Morgan fingerprint density at radius 2 is 1.53 bits per heavy atom. The lowest BCUT2D eigenvalue weighted by Crippen LogP contribution is -2.20. The summed E-state index contributed by atoms with van der Waals surface area (Å²) < 4.78 is 0. The molecule has 0 radical (unpaired) electrons. The zero-order valence-corrected chi connectivity index (χ0v) is 20.6. The number of benzene rings is 3. The molecule has 3 aromatic carbocycles. The quantitative estimate of drug-likeness (QED) is 0.344. The molecule has 1 aliphatic rings. The zero-order valence-electron chi connectivity index (χ0n) is 20.6. The number of allylic oxidation sites excluding steroid dienone is 9. The Labute approximate surface area is 204 Å². The molecule has 0 bridgehead atoms. The molecule has 1 heterocycles. The van der Waals surface area contributed by atoms with Crippen molar-refractivity contribution < 1.29 is 0 Å². The predicted molar refractivity (Wildman–Crippen MR) is 150 cm³/mol. The minimum Gasteiger partial charge on any atom is -0.344 e. The fourth-order valence-electron chi connectivity index (χ4n) is 4.62. The summed E-state index contributed by atoms with van der Waals surface area (Å²) >= 11 is 0. The van der Waals surface area contributed by atoms with E-state index in [-0.39, 0.29) is 5.41 Å². The average molecular weight is 444 g/mol. The van der Waals surface area contributed by atoms with Crippen LogP contribution in [0.1, 0.15) is 30.5 Å². The van der Waals surface area contributed by atoms with Crippen molar-refractivity contribution in [3.8, 4) is 0 Å². The molecule has 0 N–H and O–H groups in total. The summed E-state index contributed by atoms with van der Waals surface area (Å²) in [4.78, 5) is 2.21. The van der Waals surface area contributed by atoms with Crippen molar-refractivity contribution in [1.82, 2.24) is 0 Å². The molecule has 0 unspecified atom stereocenters. The molecule has 0 aliphatic carbocycles. The molecule has 3 aromatic rings. The van der Waals surface area contributed by atoms with Crippen molar-refractivity contribution in [1.29, 1.82) is 0 Å². The second-order valence-corrected chi connectivity index (χ2v) is 9.30. The van der Waals surface area contributed by atoms with E-state index in [1.54, 1.807) is 0 Å². The molecular formula is C33H33N. The number of fused-ring (bicyclic) bond motifs is 2. The fraction of sp³-hybridized carbons (Fsp3) is 0.152. The largest absolute Gasteiger partial charge is 0.344 e. The van der Waals surface area contributed by atoms with Crippen molar-refractivity contribution in [2.24, 2.45) is 0 Å². The third-order valence-electron chi connectivity index (χ3n) is 6.69. The van der Waals surface area contributed by atoms with Crippen LogP contribution >= 0.6 is 0 Å². The van der Waals surface area contributed by atoms with Crippen LogP contribution in [0.5, 0.6) is 0 Å². The first-order valence-electron chi connectivity index (χ1n) is 11.8. The van der Waals surface area contributed by atoms with Gasteiger partial charge in [0.25, 0.3) is 0 Å². The van der Waals surface area contributed by atoms with E-state index >= 15 is 0 Å². The SMILES string of the molecule is C=C(/C=C/C=C/C=C/C=C1\C=Cc2ccccc2N1C)C(C)(C)c1c(C)ccc2ccccc12. The zero-order chi connectivity index (χ0) is 24.1. The highest BCUT2D eigenvalue weighted by atomic mass is 15.1. The van der Waals surface area contributed by atoms with Gasteiger partial charge in [-0.3, -0.25) is 0 Å². The van der Waals surface area contributed by atoms with Crippen LogP contribution in [0.4, 0.5) is 5.69 Å². The van der Waals surface area contributed by atoms with Gasteiger partial charge < -0.3 is 4.90 Å². The first-order valence-corrected chi connectivity index (χ1v) is 11.8. The van der Waals surface area contributed by atoms with Crippen LogP contribution in [-0.4, -0.2) is 7.05 Å². The lowest BCUT2D eigenvalue weighted by atomic mass is 9.74. The van der Waals surface area contributed by atoms with Crippen LogP contribution in [0, 0.1) is 6.92 Å².